The Morgan fingerprint density at radius 1 is 1.40 bits per heavy atom. The van der Waals surface area contributed by atoms with Crippen molar-refractivity contribution < 1.29 is 9.53 Å². The minimum Gasteiger partial charge on any atom is -0.462 e. The average molecular weight is 353 g/mol. The molecule has 2 rings (SSSR count). The van der Waals surface area contributed by atoms with Crippen LogP contribution in [0.4, 0.5) is 5.69 Å². The lowest BCUT2D eigenvalue weighted by Crippen LogP contribution is -2.09. The van der Waals surface area contributed by atoms with Crippen LogP contribution in [0.2, 0.25) is 0 Å². The topological polar surface area (TPSA) is 65.2 Å². The zero-order valence-electron chi connectivity index (χ0n) is 10.8. The molecule has 0 saturated carbocycles. The molecule has 104 valence electrons. The predicted molar refractivity (Wildman–Crippen MR) is 82.9 cm³/mol. The monoisotopic (exact) mass is 352 g/mol. The summed E-state index contributed by atoms with van der Waals surface area (Å²) in [5.41, 5.74) is 6.70. The molecule has 2 N–H and O–H groups in total. The van der Waals surface area contributed by atoms with Gasteiger partial charge < -0.3 is 10.5 Å². The van der Waals surface area contributed by atoms with Gasteiger partial charge in [-0.15, -0.1) is 0 Å². The molecule has 0 bridgehead atoms. The molecule has 0 fully saturated rings. The maximum Gasteiger partial charge on any atom is 0.340 e. The number of hydrogen-bond acceptors (Lipinski definition) is 5. The number of pyridine rings is 1. The Morgan fingerprint density at radius 2 is 2.15 bits per heavy atom. The number of aromatic nitrogens is 1. The van der Waals surface area contributed by atoms with E-state index >= 15 is 0 Å². The third-order valence-corrected chi connectivity index (χ3v) is 4.54. The molecule has 0 amide bonds. The van der Waals surface area contributed by atoms with Crippen molar-refractivity contribution in [2.24, 2.45) is 0 Å². The third kappa shape index (κ3) is 3.32. The van der Waals surface area contributed by atoms with E-state index in [0.29, 0.717) is 22.9 Å². The summed E-state index contributed by atoms with van der Waals surface area (Å²) in [6.07, 6.45) is 1.56. The summed E-state index contributed by atoms with van der Waals surface area (Å²) in [7, 11) is 0. The molecule has 1 aromatic heterocycles. The predicted octanol–water partition coefficient (Wildman–Crippen LogP) is 3.75. The number of anilines is 1. The summed E-state index contributed by atoms with van der Waals surface area (Å²) in [5, 5.41) is 0.586. The summed E-state index contributed by atoms with van der Waals surface area (Å²) >= 11 is 4.87. The molecular formula is C14H13BrN2O2S. The van der Waals surface area contributed by atoms with E-state index in [9.17, 15) is 4.79 Å². The van der Waals surface area contributed by atoms with Gasteiger partial charge in [0.25, 0.3) is 0 Å². The Hall–Kier alpha value is -1.53. The van der Waals surface area contributed by atoms with Gasteiger partial charge in [-0.1, -0.05) is 23.9 Å². The quantitative estimate of drug-likeness (QED) is 0.848. The second kappa shape index (κ2) is 6.76. The molecule has 0 aliphatic heterocycles. The lowest BCUT2D eigenvalue weighted by atomic mass is 10.2. The standard InChI is InChI=1S/C14H13BrN2O2S/c1-2-19-14(18)9-7-8-17-13(12(9)16)20-11-6-4-3-5-10(11)15/h3-8H,2,16H2,1H3. The molecule has 0 saturated heterocycles. The van der Waals surface area contributed by atoms with Crippen molar-refractivity contribution in [1.29, 1.82) is 0 Å². The largest absolute Gasteiger partial charge is 0.462 e. The lowest BCUT2D eigenvalue weighted by Gasteiger charge is -2.09. The van der Waals surface area contributed by atoms with E-state index in [1.165, 1.54) is 11.8 Å². The Balaban J connectivity index is 2.32. The first-order valence-electron chi connectivity index (χ1n) is 5.97. The van der Waals surface area contributed by atoms with Crippen LogP contribution in [-0.2, 0) is 4.74 Å². The molecule has 0 spiro atoms. The van der Waals surface area contributed by atoms with E-state index in [4.69, 9.17) is 10.5 Å². The molecule has 6 heteroatoms. The van der Waals surface area contributed by atoms with Crippen LogP contribution in [0, 0.1) is 0 Å². The Kier molecular flexibility index (Phi) is 5.03. The molecule has 2 aromatic rings. The number of rotatable bonds is 4. The van der Waals surface area contributed by atoms with Crippen LogP contribution in [0.3, 0.4) is 0 Å². The van der Waals surface area contributed by atoms with Gasteiger partial charge in [-0.3, -0.25) is 0 Å². The molecule has 0 unspecified atom stereocenters. The molecule has 0 atom stereocenters. The minimum absolute atomic E-state index is 0.313. The lowest BCUT2D eigenvalue weighted by molar-refractivity contribution is 0.0527. The van der Waals surface area contributed by atoms with Gasteiger partial charge in [0.05, 0.1) is 17.9 Å². The second-order valence-electron chi connectivity index (χ2n) is 3.83. The number of nitrogens with zero attached hydrogens (tertiary/aromatic N) is 1. The number of nitrogen functional groups attached to an aromatic ring is 1. The van der Waals surface area contributed by atoms with E-state index in [1.807, 2.05) is 24.3 Å². The van der Waals surface area contributed by atoms with Crippen molar-refractivity contribution in [2.45, 2.75) is 16.8 Å². The minimum atomic E-state index is -0.429. The molecular weight excluding hydrogens is 340 g/mol. The molecule has 0 aliphatic rings. The van der Waals surface area contributed by atoms with E-state index in [2.05, 4.69) is 20.9 Å². The van der Waals surface area contributed by atoms with Crippen LogP contribution >= 0.6 is 27.7 Å². The van der Waals surface area contributed by atoms with Gasteiger partial charge in [-0.05, 0) is 41.1 Å². The molecule has 4 nitrogen and oxygen atoms in total. The number of hydrogen-bond donors (Lipinski definition) is 1. The Morgan fingerprint density at radius 3 is 2.85 bits per heavy atom. The first-order chi connectivity index (χ1) is 9.63. The van der Waals surface area contributed by atoms with Crippen LogP contribution < -0.4 is 5.73 Å². The highest BCUT2D eigenvalue weighted by Gasteiger charge is 2.15. The van der Waals surface area contributed by atoms with Crippen LogP contribution in [0.15, 0.2) is 50.9 Å². The highest BCUT2D eigenvalue weighted by atomic mass is 79.9. The van der Waals surface area contributed by atoms with Crippen LogP contribution in [-0.4, -0.2) is 17.6 Å². The highest BCUT2D eigenvalue weighted by Crippen LogP contribution is 2.36. The van der Waals surface area contributed by atoms with Crippen LogP contribution in [0.1, 0.15) is 17.3 Å². The smallest absolute Gasteiger partial charge is 0.340 e. The number of halogens is 1. The number of benzene rings is 1. The van der Waals surface area contributed by atoms with Crippen molar-refractivity contribution in [1.82, 2.24) is 4.98 Å². The van der Waals surface area contributed by atoms with Gasteiger partial charge in [0.2, 0.25) is 0 Å². The fraction of sp³-hybridized carbons (Fsp3) is 0.143. The zero-order valence-corrected chi connectivity index (χ0v) is 13.2. The molecule has 1 heterocycles. The van der Waals surface area contributed by atoms with Gasteiger partial charge in [0, 0.05) is 15.6 Å². The summed E-state index contributed by atoms with van der Waals surface area (Å²) < 4.78 is 5.92. The van der Waals surface area contributed by atoms with Gasteiger partial charge in [-0.25, -0.2) is 9.78 Å². The van der Waals surface area contributed by atoms with E-state index in [-0.39, 0.29) is 0 Å². The first-order valence-corrected chi connectivity index (χ1v) is 7.58. The Bertz CT molecular complexity index is 634. The van der Waals surface area contributed by atoms with E-state index in [1.54, 1.807) is 19.2 Å². The zero-order chi connectivity index (χ0) is 14.5. The normalized spacial score (nSPS) is 10.3. The fourth-order valence-corrected chi connectivity index (χ4v) is 2.94. The van der Waals surface area contributed by atoms with Crippen molar-refractivity contribution in [2.75, 3.05) is 12.3 Å². The number of carbonyl (C=O) groups is 1. The number of ether oxygens (including phenoxy) is 1. The van der Waals surface area contributed by atoms with Gasteiger partial charge in [-0.2, -0.15) is 0 Å². The number of esters is 1. The van der Waals surface area contributed by atoms with Crippen LogP contribution in [0.25, 0.3) is 0 Å². The number of nitrogens with two attached hydrogens (primary N) is 1. The van der Waals surface area contributed by atoms with Crippen molar-refractivity contribution >= 4 is 39.3 Å². The van der Waals surface area contributed by atoms with Gasteiger partial charge in [0.1, 0.15) is 5.03 Å². The summed E-state index contributed by atoms with van der Waals surface area (Å²) in [5.74, 6) is -0.429. The molecule has 20 heavy (non-hydrogen) atoms. The maximum atomic E-state index is 11.8. The van der Waals surface area contributed by atoms with Gasteiger partial charge >= 0.3 is 5.97 Å². The first kappa shape index (κ1) is 14.9. The van der Waals surface area contributed by atoms with E-state index < -0.39 is 5.97 Å². The average Bonchev–Trinajstić information content (AvgIpc) is 2.43. The van der Waals surface area contributed by atoms with Crippen LogP contribution in [0.5, 0.6) is 0 Å². The van der Waals surface area contributed by atoms with Crippen molar-refractivity contribution in [3.05, 3.63) is 46.6 Å². The third-order valence-electron chi connectivity index (χ3n) is 2.49. The Labute approximate surface area is 129 Å². The SMILES string of the molecule is CCOC(=O)c1ccnc(Sc2ccccc2Br)c1N. The van der Waals surface area contributed by atoms with E-state index in [0.717, 1.165) is 9.37 Å². The number of carbonyl (C=O) groups excluding carboxylic acids is 1. The summed E-state index contributed by atoms with van der Waals surface area (Å²) in [6.45, 7) is 2.07. The molecule has 0 radical (unpaired) electrons. The maximum absolute atomic E-state index is 11.8. The van der Waals surface area contributed by atoms with Crippen molar-refractivity contribution in [3.63, 3.8) is 0 Å². The molecule has 0 aliphatic carbocycles. The second-order valence-corrected chi connectivity index (χ2v) is 5.72. The fourth-order valence-electron chi connectivity index (χ4n) is 1.55. The summed E-state index contributed by atoms with van der Waals surface area (Å²) in [4.78, 5) is 17.0. The summed E-state index contributed by atoms with van der Waals surface area (Å²) in [6, 6.07) is 9.32. The van der Waals surface area contributed by atoms with Crippen molar-refractivity contribution in [3.8, 4) is 0 Å². The van der Waals surface area contributed by atoms with Gasteiger partial charge in [0.15, 0.2) is 0 Å². The highest BCUT2D eigenvalue weighted by molar-refractivity contribution is 9.10. The molecule has 1 aromatic carbocycles.